The second-order valence-electron chi connectivity index (χ2n) is 4.86. The van der Waals surface area contributed by atoms with Crippen molar-refractivity contribution >= 4 is 11.3 Å². The second kappa shape index (κ2) is 5.96. The average molecular weight is 253 g/mol. The van der Waals surface area contributed by atoms with Crippen molar-refractivity contribution in [1.82, 2.24) is 9.80 Å². The van der Waals surface area contributed by atoms with Crippen LogP contribution in [0.3, 0.4) is 0 Å². The molecule has 0 amide bonds. The van der Waals surface area contributed by atoms with Crippen molar-refractivity contribution < 1.29 is 0 Å². The summed E-state index contributed by atoms with van der Waals surface area (Å²) in [6.07, 6.45) is 0. The predicted molar refractivity (Wildman–Crippen MR) is 74.4 cm³/mol. The Labute approximate surface area is 108 Å². The number of nitrogens with zero attached hydrogens (tertiary/aromatic N) is 2. The van der Waals surface area contributed by atoms with Crippen LogP contribution in [-0.4, -0.2) is 48.6 Å². The molecule has 0 aromatic carbocycles. The Kier molecular flexibility index (Phi) is 4.56. The molecule has 2 N–H and O–H groups in total. The molecule has 1 fully saturated rings. The molecule has 1 aliphatic rings. The van der Waals surface area contributed by atoms with E-state index in [2.05, 4.69) is 41.2 Å². The molecule has 1 aromatic rings. The van der Waals surface area contributed by atoms with Crippen LogP contribution in [0.4, 0.5) is 0 Å². The van der Waals surface area contributed by atoms with Gasteiger partial charge in [-0.2, -0.15) is 0 Å². The lowest BCUT2D eigenvalue weighted by Crippen LogP contribution is -2.52. The summed E-state index contributed by atoms with van der Waals surface area (Å²) in [6.45, 7) is 10.2. The van der Waals surface area contributed by atoms with E-state index < -0.39 is 0 Å². The van der Waals surface area contributed by atoms with Crippen LogP contribution in [0.1, 0.15) is 24.8 Å². The SMILES string of the molecule is CCN1CCN(CC(N)c2cccs2)CC1C. The van der Waals surface area contributed by atoms with Crippen LogP contribution < -0.4 is 5.73 Å². The molecular formula is C13H23N3S. The average Bonchev–Trinajstić information content (AvgIpc) is 2.82. The van der Waals surface area contributed by atoms with Gasteiger partial charge in [-0.25, -0.2) is 0 Å². The van der Waals surface area contributed by atoms with Gasteiger partial charge in [0.15, 0.2) is 0 Å². The summed E-state index contributed by atoms with van der Waals surface area (Å²) in [5.41, 5.74) is 6.24. The van der Waals surface area contributed by atoms with Gasteiger partial charge in [0.25, 0.3) is 0 Å². The molecule has 2 unspecified atom stereocenters. The van der Waals surface area contributed by atoms with Gasteiger partial charge in [-0.15, -0.1) is 11.3 Å². The lowest BCUT2D eigenvalue weighted by Gasteiger charge is -2.40. The number of hydrogen-bond acceptors (Lipinski definition) is 4. The molecule has 3 nitrogen and oxygen atoms in total. The Hall–Kier alpha value is -0.420. The molecule has 1 saturated heterocycles. The summed E-state index contributed by atoms with van der Waals surface area (Å²) < 4.78 is 0. The van der Waals surface area contributed by atoms with Gasteiger partial charge in [-0.1, -0.05) is 13.0 Å². The first-order valence-corrected chi connectivity index (χ1v) is 7.34. The highest BCUT2D eigenvalue weighted by Gasteiger charge is 2.23. The van der Waals surface area contributed by atoms with E-state index in [-0.39, 0.29) is 6.04 Å². The fraction of sp³-hybridized carbons (Fsp3) is 0.692. The lowest BCUT2D eigenvalue weighted by atomic mass is 10.1. The van der Waals surface area contributed by atoms with E-state index in [9.17, 15) is 0 Å². The molecule has 2 atom stereocenters. The molecule has 0 spiro atoms. The molecular weight excluding hydrogens is 230 g/mol. The van der Waals surface area contributed by atoms with Crippen molar-refractivity contribution in [3.8, 4) is 0 Å². The Morgan fingerprint density at radius 3 is 2.94 bits per heavy atom. The van der Waals surface area contributed by atoms with Crippen LogP contribution >= 0.6 is 11.3 Å². The van der Waals surface area contributed by atoms with Crippen LogP contribution in [-0.2, 0) is 0 Å². The first-order chi connectivity index (χ1) is 8.20. The number of piperazine rings is 1. The summed E-state index contributed by atoms with van der Waals surface area (Å²) in [5, 5.41) is 2.10. The van der Waals surface area contributed by atoms with E-state index in [1.807, 2.05) is 0 Å². The quantitative estimate of drug-likeness (QED) is 0.888. The van der Waals surface area contributed by atoms with Crippen LogP contribution in [0.25, 0.3) is 0 Å². The van der Waals surface area contributed by atoms with Gasteiger partial charge >= 0.3 is 0 Å². The third kappa shape index (κ3) is 3.28. The number of thiophene rings is 1. The molecule has 1 aliphatic heterocycles. The minimum Gasteiger partial charge on any atom is -0.322 e. The maximum Gasteiger partial charge on any atom is 0.0519 e. The molecule has 1 aromatic heterocycles. The first-order valence-electron chi connectivity index (χ1n) is 6.46. The van der Waals surface area contributed by atoms with Crippen molar-refractivity contribution in [3.05, 3.63) is 22.4 Å². The Balaban J connectivity index is 1.84. The van der Waals surface area contributed by atoms with Gasteiger partial charge in [-0.3, -0.25) is 9.80 Å². The fourth-order valence-electron chi connectivity index (χ4n) is 2.58. The van der Waals surface area contributed by atoms with Crippen LogP contribution in [0, 0.1) is 0 Å². The Bertz CT molecular complexity index is 325. The van der Waals surface area contributed by atoms with E-state index in [4.69, 9.17) is 5.73 Å². The minimum atomic E-state index is 0.176. The van der Waals surface area contributed by atoms with Crippen molar-refractivity contribution in [1.29, 1.82) is 0 Å². The van der Waals surface area contributed by atoms with E-state index in [1.54, 1.807) is 11.3 Å². The maximum absolute atomic E-state index is 6.24. The number of hydrogen-bond donors (Lipinski definition) is 1. The predicted octanol–water partition coefficient (Wildman–Crippen LogP) is 1.77. The van der Waals surface area contributed by atoms with E-state index in [1.165, 1.54) is 11.4 Å². The Morgan fingerprint density at radius 1 is 1.53 bits per heavy atom. The fourth-order valence-corrected chi connectivity index (χ4v) is 3.30. The van der Waals surface area contributed by atoms with Gasteiger partial charge < -0.3 is 5.73 Å². The van der Waals surface area contributed by atoms with E-state index in [0.717, 1.165) is 26.2 Å². The van der Waals surface area contributed by atoms with Gasteiger partial charge in [0.2, 0.25) is 0 Å². The second-order valence-corrected chi connectivity index (χ2v) is 5.84. The zero-order valence-corrected chi connectivity index (χ0v) is 11.6. The lowest BCUT2D eigenvalue weighted by molar-refractivity contribution is 0.0843. The highest BCUT2D eigenvalue weighted by molar-refractivity contribution is 7.10. The summed E-state index contributed by atoms with van der Waals surface area (Å²) in [4.78, 5) is 6.34. The zero-order valence-electron chi connectivity index (χ0n) is 10.8. The molecule has 0 bridgehead atoms. The van der Waals surface area contributed by atoms with Gasteiger partial charge in [0.05, 0.1) is 6.04 Å². The molecule has 0 radical (unpaired) electrons. The summed E-state index contributed by atoms with van der Waals surface area (Å²) in [6, 6.07) is 5.05. The number of likely N-dealkylation sites (N-methyl/N-ethyl adjacent to an activating group) is 1. The smallest absolute Gasteiger partial charge is 0.0519 e. The monoisotopic (exact) mass is 253 g/mol. The highest BCUT2D eigenvalue weighted by atomic mass is 32.1. The number of nitrogens with two attached hydrogens (primary N) is 1. The Morgan fingerprint density at radius 2 is 2.35 bits per heavy atom. The van der Waals surface area contributed by atoms with Crippen LogP contribution in [0.2, 0.25) is 0 Å². The van der Waals surface area contributed by atoms with Crippen molar-refractivity contribution in [2.75, 3.05) is 32.7 Å². The van der Waals surface area contributed by atoms with Crippen LogP contribution in [0.15, 0.2) is 17.5 Å². The van der Waals surface area contributed by atoms with Crippen molar-refractivity contribution in [3.63, 3.8) is 0 Å². The molecule has 2 rings (SSSR count). The largest absolute Gasteiger partial charge is 0.322 e. The van der Waals surface area contributed by atoms with Gasteiger partial charge in [-0.05, 0) is 24.9 Å². The molecule has 17 heavy (non-hydrogen) atoms. The minimum absolute atomic E-state index is 0.176. The third-order valence-electron chi connectivity index (χ3n) is 3.62. The van der Waals surface area contributed by atoms with Crippen LogP contribution in [0.5, 0.6) is 0 Å². The first kappa shape index (κ1) is 13.0. The molecule has 2 heterocycles. The van der Waals surface area contributed by atoms with E-state index in [0.29, 0.717) is 6.04 Å². The highest BCUT2D eigenvalue weighted by Crippen LogP contribution is 2.19. The molecule has 0 aliphatic carbocycles. The zero-order chi connectivity index (χ0) is 12.3. The maximum atomic E-state index is 6.24. The molecule has 0 saturated carbocycles. The summed E-state index contributed by atoms with van der Waals surface area (Å²) in [7, 11) is 0. The van der Waals surface area contributed by atoms with E-state index >= 15 is 0 Å². The number of rotatable bonds is 4. The van der Waals surface area contributed by atoms with Gasteiger partial charge in [0, 0.05) is 37.1 Å². The van der Waals surface area contributed by atoms with Crippen molar-refractivity contribution in [2.24, 2.45) is 5.73 Å². The molecule has 4 heteroatoms. The van der Waals surface area contributed by atoms with Crippen molar-refractivity contribution in [2.45, 2.75) is 25.9 Å². The standard InChI is InChI=1S/C13H23N3S/c1-3-16-7-6-15(9-11(16)2)10-12(14)13-5-4-8-17-13/h4-5,8,11-12H,3,6-7,9-10,14H2,1-2H3. The van der Waals surface area contributed by atoms with Gasteiger partial charge in [0.1, 0.15) is 0 Å². The normalized spacial score (nSPS) is 25.0. The molecule has 96 valence electrons. The summed E-state index contributed by atoms with van der Waals surface area (Å²) >= 11 is 1.76. The third-order valence-corrected chi connectivity index (χ3v) is 4.62. The summed E-state index contributed by atoms with van der Waals surface area (Å²) in [5.74, 6) is 0. The topological polar surface area (TPSA) is 32.5 Å².